The van der Waals surface area contributed by atoms with Crippen LogP contribution in [0.1, 0.15) is 29.7 Å². The molecule has 0 saturated carbocycles. The molecule has 104 valence electrons. The highest BCUT2D eigenvalue weighted by Gasteiger charge is 2.30. The number of rotatable bonds is 3. The standard InChI is InChI=1S/C17H19BrN2/c1-12(19)17(15-8-4-5-9-16(15)18)20-10-13-6-2-3-7-14(13)11-20/h2-9,12,17H,10-11,19H2,1H3. The molecule has 3 heteroatoms. The number of nitrogens with two attached hydrogens (primary N) is 1. The van der Waals surface area contributed by atoms with Gasteiger partial charge in [-0.2, -0.15) is 0 Å². The molecule has 0 radical (unpaired) electrons. The van der Waals surface area contributed by atoms with E-state index in [0.29, 0.717) is 0 Å². The maximum Gasteiger partial charge on any atom is 0.0514 e. The molecule has 0 aromatic heterocycles. The van der Waals surface area contributed by atoms with Gasteiger partial charge in [-0.1, -0.05) is 58.4 Å². The van der Waals surface area contributed by atoms with Gasteiger partial charge in [-0.3, -0.25) is 4.90 Å². The highest BCUT2D eigenvalue weighted by molar-refractivity contribution is 9.10. The van der Waals surface area contributed by atoms with Crippen molar-refractivity contribution in [1.82, 2.24) is 4.90 Å². The van der Waals surface area contributed by atoms with Gasteiger partial charge in [-0.25, -0.2) is 0 Å². The number of fused-ring (bicyclic) bond motifs is 1. The number of hydrogen-bond donors (Lipinski definition) is 1. The van der Waals surface area contributed by atoms with Crippen molar-refractivity contribution in [2.24, 2.45) is 5.73 Å². The van der Waals surface area contributed by atoms with E-state index in [1.807, 2.05) is 6.07 Å². The number of nitrogens with zero attached hydrogens (tertiary/aromatic N) is 1. The molecule has 0 fully saturated rings. The number of hydrogen-bond acceptors (Lipinski definition) is 2. The van der Waals surface area contributed by atoms with Crippen LogP contribution in [0.25, 0.3) is 0 Å². The lowest BCUT2D eigenvalue weighted by atomic mass is 9.99. The van der Waals surface area contributed by atoms with Crippen LogP contribution in [-0.4, -0.2) is 10.9 Å². The van der Waals surface area contributed by atoms with E-state index in [1.165, 1.54) is 16.7 Å². The molecule has 2 atom stereocenters. The predicted octanol–water partition coefficient (Wildman–Crippen LogP) is 3.85. The SMILES string of the molecule is CC(N)C(c1ccccc1Br)N1Cc2ccccc2C1. The Balaban J connectivity index is 1.93. The second-order valence-electron chi connectivity index (χ2n) is 5.50. The smallest absolute Gasteiger partial charge is 0.0514 e. The zero-order chi connectivity index (χ0) is 14.1. The van der Waals surface area contributed by atoms with Crippen LogP contribution in [0.5, 0.6) is 0 Å². The molecule has 0 amide bonds. The molecular formula is C17H19BrN2. The Morgan fingerprint density at radius 1 is 1.00 bits per heavy atom. The highest BCUT2D eigenvalue weighted by atomic mass is 79.9. The van der Waals surface area contributed by atoms with Gasteiger partial charge in [-0.15, -0.1) is 0 Å². The van der Waals surface area contributed by atoms with Crippen LogP contribution in [0, 0.1) is 0 Å². The average molecular weight is 331 g/mol. The summed E-state index contributed by atoms with van der Waals surface area (Å²) in [6.07, 6.45) is 0. The summed E-state index contributed by atoms with van der Waals surface area (Å²) in [5.41, 5.74) is 10.4. The summed E-state index contributed by atoms with van der Waals surface area (Å²) >= 11 is 3.67. The second kappa shape index (κ2) is 5.68. The fourth-order valence-corrected chi connectivity index (χ4v) is 3.60. The highest BCUT2D eigenvalue weighted by Crippen LogP contribution is 2.35. The topological polar surface area (TPSA) is 29.3 Å². The van der Waals surface area contributed by atoms with Crippen LogP contribution >= 0.6 is 15.9 Å². The van der Waals surface area contributed by atoms with Crippen LogP contribution in [0.15, 0.2) is 53.0 Å². The summed E-state index contributed by atoms with van der Waals surface area (Å²) in [6, 6.07) is 17.4. The van der Waals surface area contributed by atoms with E-state index in [-0.39, 0.29) is 12.1 Å². The molecule has 0 spiro atoms. The lowest BCUT2D eigenvalue weighted by Gasteiger charge is -2.31. The van der Waals surface area contributed by atoms with Crippen molar-refractivity contribution in [3.63, 3.8) is 0 Å². The van der Waals surface area contributed by atoms with Gasteiger partial charge in [0.1, 0.15) is 0 Å². The van der Waals surface area contributed by atoms with Gasteiger partial charge in [0.05, 0.1) is 6.04 Å². The van der Waals surface area contributed by atoms with Crippen LogP contribution < -0.4 is 5.73 Å². The molecule has 2 N–H and O–H groups in total. The van der Waals surface area contributed by atoms with Crippen LogP contribution in [-0.2, 0) is 13.1 Å². The molecule has 20 heavy (non-hydrogen) atoms. The van der Waals surface area contributed by atoms with Crippen molar-refractivity contribution in [3.8, 4) is 0 Å². The van der Waals surface area contributed by atoms with Crippen molar-refractivity contribution < 1.29 is 0 Å². The maximum atomic E-state index is 6.29. The first-order chi connectivity index (χ1) is 9.66. The molecule has 0 saturated heterocycles. The first kappa shape index (κ1) is 13.8. The Hall–Kier alpha value is -1.16. The minimum Gasteiger partial charge on any atom is -0.326 e. The van der Waals surface area contributed by atoms with E-state index in [2.05, 4.69) is 70.2 Å². The summed E-state index contributed by atoms with van der Waals surface area (Å²) in [4.78, 5) is 2.47. The lowest BCUT2D eigenvalue weighted by Crippen LogP contribution is -2.36. The molecule has 0 aliphatic carbocycles. The van der Waals surface area contributed by atoms with E-state index in [0.717, 1.165) is 17.6 Å². The molecule has 1 aliphatic heterocycles. The molecule has 2 unspecified atom stereocenters. The molecule has 1 aliphatic rings. The van der Waals surface area contributed by atoms with Gasteiger partial charge < -0.3 is 5.73 Å². The number of benzene rings is 2. The van der Waals surface area contributed by atoms with Gasteiger partial charge in [0.15, 0.2) is 0 Å². The van der Waals surface area contributed by atoms with Crippen molar-refractivity contribution in [1.29, 1.82) is 0 Å². The van der Waals surface area contributed by atoms with Crippen molar-refractivity contribution in [2.45, 2.75) is 32.1 Å². The Morgan fingerprint density at radius 3 is 2.10 bits per heavy atom. The summed E-state index contributed by atoms with van der Waals surface area (Å²) in [5.74, 6) is 0. The Labute approximate surface area is 128 Å². The fraction of sp³-hybridized carbons (Fsp3) is 0.294. The maximum absolute atomic E-state index is 6.29. The van der Waals surface area contributed by atoms with Gasteiger partial charge >= 0.3 is 0 Å². The number of halogens is 1. The fourth-order valence-electron chi connectivity index (χ4n) is 3.08. The van der Waals surface area contributed by atoms with Crippen LogP contribution in [0.3, 0.4) is 0 Å². The monoisotopic (exact) mass is 330 g/mol. The Kier molecular flexibility index (Phi) is 3.92. The van der Waals surface area contributed by atoms with E-state index >= 15 is 0 Å². The summed E-state index contributed by atoms with van der Waals surface area (Å²) < 4.78 is 1.14. The first-order valence-electron chi connectivity index (χ1n) is 6.97. The molecule has 2 aromatic carbocycles. The van der Waals surface area contributed by atoms with Gasteiger partial charge in [0.25, 0.3) is 0 Å². The minimum absolute atomic E-state index is 0.0861. The molecule has 3 rings (SSSR count). The summed E-state index contributed by atoms with van der Waals surface area (Å²) in [6.45, 7) is 4.04. The molecular weight excluding hydrogens is 312 g/mol. The predicted molar refractivity (Wildman–Crippen MR) is 86.2 cm³/mol. The third-order valence-electron chi connectivity index (χ3n) is 3.98. The van der Waals surface area contributed by atoms with Crippen LogP contribution in [0.4, 0.5) is 0 Å². The van der Waals surface area contributed by atoms with E-state index in [1.54, 1.807) is 0 Å². The van der Waals surface area contributed by atoms with E-state index in [9.17, 15) is 0 Å². The third kappa shape index (κ3) is 2.53. The van der Waals surface area contributed by atoms with Gasteiger partial charge in [0, 0.05) is 23.6 Å². The van der Waals surface area contributed by atoms with Crippen molar-refractivity contribution in [2.75, 3.05) is 0 Å². The largest absolute Gasteiger partial charge is 0.326 e. The van der Waals surface area contributed by atoms with Crippen molar-refractivity contribution in [3.05, 3.63) is 69.7 Å². The Morgan fingerprint density at radius 2 is 1.55 bits per heavy atom. The Bertz CT molecular complexity index is 584. The molecule has 2 aromatic rings. The first-order valence-corrected chi connectivity index (χ1v) is 7.77. The van der Waals surface area contributed by atoms with Gasteiger partial charge in [-0.05, 0) is 29.7 Å². The van der Waals surface area contributed by atoms with E-state index in [4.69, 9.17) is 5.73 Å². The minimum atomic E-state index is 0.0861. The quantitative estimate of drug-likeness (QED) is 0.926. The lowest BCUT2D eigenvalue weighted by molar-refractivity contribution is 0.177. The summed E-state index contributed by atoms with van der Waals surface area (Å²) in [7, 11) is 0. The zero-order valence-corrected chi connectivity index (χ0v) is 13.2. The molecule has 2 nitrogen and oxygen atoms in total. The summed E-state index contributed by atoms with van der Waals surface area (Å²) in [5, 5.41) is 0. The van der Waals surface area contributed by atoms with Crippen LogP contribution in [0.2, 0.25) is 0 Å². The third-order valence-corrected chi connectivity index (χ3v) is 4.70. The zero-order valence-electron chi connectivity index (χ0n) is 11.6. The second-order valence-corrected chi connectivity index (χ2v) is 6.35. The average Bonchev–Trinajstić information content (AvgIpc) is 2.84. The molecule has 0 bridgehead atoms. The van der Waals surface area contributed by atoms with E-state index < -0.39 is 0 Å². The normalized spacial score (nSPS) is 17.8. The molecule has 1 heterocycles. The van der Waals surface area contributed by atoms with Gasteiger partial charge in [0.2, 0.25) is 0 Å². The van der Waals surface area contributed by atoms with Crippen molar-refractivity contribution >= 4 is 15.9 Å².